The average molecular weight is 244 g/mol. The molecule has 92 valence electrons. The highest BCUT2D eigenvalue weighted by molar-refractivity contribution is 5.72. The molecule has 6 nitrogen and oxygen atoms in total. The van der Waals surface area contributed by atoms with Gasteiger partial charge in [0.15, 0.2) is 0 Å². The molecule has 18 heavy (non-hydrogen) atoms. The van der Waals surface area contributed by atoms with Gasteiger partial charge in [0.2, 0.25) is 5.95 Å². The van der Waals surface area contributed by atoms with Crippen LogP contribution in [-0.4, -0.2) is 39.6 Å². The lowest BCUT2D eigenvalue weighted by molar-refractivity contribution is -0.135. The molecule has 2 aromatic heterocycles. The summed E-state index contributed by atoms with van der Waals surface area (Å²) < 4.78 is 0. The van der Waals surface area contributed by atoms with E-state index in [1.54, 1.807) is 31.8 Å². The predicted molar refractivity (Wildman–Crippen MR) is 66.2 cm³/mol. The van der Waals surface area contributed by atoms with E-state index in [0.717, 1.165) is 11.1 Å². The Bertz CT molecular complexity index is 528. The van der Waals surface area contributed by atoms with Crippen molar-refractivity contribution in [2.75, 3.05) is 18.5 Å². The minimum Gasteiger partial charge on any atom is -0.480 e. The van der Waals surface area contributed by atoms with Gasteiger partial charge in [0, 0.05) is 43.0 Å². The molecule has 0 bridgehead atoms. The molecule has 1 N–H and O–H groups in total. The first-order valence-corrected chi connectivity index (χ1v) is 5.32. The second-order valence-electron chi connectivity index (χ2n) is 3.76. The lowest BCUT2D eigenvalue weighted by Gasteiger charge is -2.13. The number of carboxylic acid groups (broad SMARTS) is 1. The molecule has 0 aromatic carbocycles. The molecule has 0 fully saturated rings. The van der Waals surface area contributed by atoms with Crippen molar-refractivity contribution < 1.29 is 9.90 Å². The number of likely N-dealkylation sites (N-methyl/N-ethyl adjacent to an activating group) is 1. The minimum atomic E-state index is -0.919. The molecule has 0 radical (unpaired) electrons. The van der Waals surface area contributed by atoms with E-state index in [4.69, 9.17) is 5.11 Å². The maximum Gasteiger partial charge on any atom is 0.323 e. The molecular formula is C12H12N4O2. The van der Waals surface area contributed by atoms with Crippen LogP contribution in [0.4, 0.5) is 5.95 Å². The van der Waals surface area contributed by atoms with Crippen LogP contribution in [0, 0.1) is 0 Å². The predicted octanol–water partition coefficient (Wildman–Crippen LogP) is 1.06. The van der Waals surface area contributed by atoms with Crippen molar-refractivity contribution in [3.63, 3.8) is 0 Å². The molecular weight excluding hydrogens is 232 g/mol. The molecule has 2 rings (SSSR count). The van der Waals surface area contributed by atoms with Gasteiger partial charge in [-0.25, -0.2) is 9.97 Å². The van der Waals surface area contributed by atoms with Gasteiger partial charge in [0.05, 0.1) is 0 Å². The maximum absolute atomic E-state index is 10.6. The molecule has 2 heterocycles. The first-order chi connectivity index (χ1) is 8.66. The van der Waals surface area contributed by atoms with Gasteiger partial charge in [0.25, 0.3) is 0 Å². The van der Waals surface area contributed by atoms with Crippen LogP contribution >= 0.6 is 0 Å². The van der Waals surface area contributed by atoms with E-state index in [-0.39, 0.29) is 6.54 Å². The molecule has 0 saturated heterocycles. The van der Waals surface area contributed by atoms with Crippen LogP contribution < -0.4 is 4.90 Å². The Kier molecular flexibility index (Phi) is 3.47. The number of hydrogen-bond acceptors (Lipinski definition) is 5. The molecule has 6 heteroatoms. The van der Waals surface area contributed by atoms with Crippen molar-refractivity contribution in [2.24, 2.45) is 0 Å². The summed E-state index contributed by atoms with van der Waals surface area (Å²) in [6.07, 6.45) is 6.72. The largest absolute Gasteiger partial charge is 0.480 e. The van der Waals surface area contributed by atoms with Crippen LogP contribution in [0.15, 0.2) is 36.9 Å². The number of carbonyl (C=O) groups is 1. The number of carboxylic acids is 1. The van der Waals surface area contributed by atoms with Gasteiger partial charge >= 0.3 is 5.97 Å². The van der Waals surface area contributed by atoms with Crippen molar-refractivity contribution in [2.45, 2.75) is 0 Å². The Hall–Kier alpha value is -2.50. The number of hydrogen-bond donors (Lipinski definition) is 1. The van der Waals surface area contributed by atoms with E-state index in [1.165, 1.54) is 4.90 Å². The normalized spacial score (nSPS) is 10.1. The summed E-state index contributed by atoms with van der Waals surface area (Å²) in [7, 11) is 1.63. The first-order valence-electron chi connectivity index (χ1n) is 5.32. The van der Waals surface area contributed by atoms with Gasteiger partial charge in [-0.05, 0) is 6.07 Å². The summed E-state index contributed by atoms with van der Waals surface area (Å²) >= 11 is 0. The zero-order chi connectivity index (χ0) is 13.0. The van der Waals surface area contributed by atoms with Gasteiger partial charge in [-0.2, -0.15) is 0 Å². The van der Waals surface area contributed by atoms with E-state index in [0.29, 0.717) is 5.95 Å². The monoisotopic (exact) mass is 244 g/mol. The molecule has 0 aliphatic heterocycles. The Balaban J connectivity index is 2.18. The molecule has 0 saturated carbocycles. The van der Waals surface area contributed by atoms with E-state index in [1.807, 2.05) is 12.1 Å². The van der Waals surface area contributed by atoms with Crippen LogP contribution in [0.5, 0.6) is 0 Å². The minimum absolute atomic E-state index is 0.133. The van der Waals surface area contributed by atoms with Gasteiger partial charge in [0.1, 0.15) is 6.54 Å². The first kappa shape index (κ1) is 12.0. The summed E-state index contributed by atoms with van der Waals surface area (Å²) in [5, 5.41) is 8.67. The Morgan fingerprint density at radius 1 is 1.28 bits per heavy atom. The summed E-state index contributed by atoms with van der Waals surface area (Å²) in [6, 6.07) is 3.74. The van der Waals surface area contributed by atoms with Crippen molar-refractivity contribution >= 4 is 11.9 Å². The SMILES string of the molecule is CN(CC(=O)O)c1ncc(-c2cccnc2)cn1. The number of pyridine rings is 1. The van der Waals surface area contributed by atoms with Crippen LogP contribution in [0.1, 0.15) is 0 Å². The van der Waals surface area contributed by atoms with Gasteiger partial charge in [-0.3, -0.25) is 9.78 Å². The molecule has 0 spiro atoms. The zero-order valence-electron chi connectivity index (χ0n) is 9.82. The topological polar surface area (TPSA) is 79.2 Å². The van der Waals surface area contributed by atoms with Gasteiger partial charge in [-0.1, -0.05) is 6.07 Å². The molecule has 0 unspecified atom stereocenters. The Labute approximate surface area is 104 Å². The zero-order valence-corrected chi connectivity index (χ0v) is 9.82. The fourth-order valence-corrected chi connectivity index (χ4v) is 1.47. The summed E-state index contributed by atoms with van der Waals surface area (Å²) in [6.45, 7) is -0.133. The average Bonchev–Trinajstić information content (AvgIpc) is 2.39. The third-order valence-corrected chi connectivity index (χ3v) is 2.35. The maximum atomic E-state index is 10.6. The quantitative estimate of drug-likeness (QED) is 0.866. The van der Waals surface area contributed by atoms with E-state index in [2.05, 4.69) is 15.0 Å². The van der Waals surface area contributed by atoms with Crippen LogP contribution in [0.2, 0.25) is 0 Å². The second-order valence-corrected chi connectivity index (χ2v) is 3.76. The van der Waals surface area contributed by atoms with E-state index < -0.39 is 5.97 Å². The lowest BCUT2D eigenvalue weighted by Crippen LogP contribution is -2.26. The Morgan fingerprint density at radius 2 is 2.00 bits per heavy atom. The highest BCUT2D eigenvalue weighted by atomic mass is 16.4. The summed E-state index contributed by atoms with van der Waals surface area (Å²) in [4.78, 5) is 24.3. The third kappa shape index (κ3) is 2.79. The summed E-state index contributed by atoms with van der Waals surface area (Å²) in [5.41, 5.74) is 1.76. The lowest BCUT2D eigenvalue weighted by atomic mass is 10.2. The standard InChI is InChI=1S/C12H12N4O2/c1-16(8-11(17)18)12-14-6-10(7-15-12)9-3-2-4-13-5-9/h2-7H,8H2,1H3,(H,17,18). The molecule has 0 aliphatic carbocycles. The summed E-state index contributed by atoms with van der Waals surface area (Å²) in [5.74, 6) is -0.539. The van der Waals surface area contributed by atoms with Gasteiger partial charge < -0.3 is 10.0 Å². The van der Waals surface area contributed by atoms with Crippen LogP contribution in [0.3, 0.4) is 0 Å². The molecule has 2 aromatic rings. The van der Waals surface area contributed by atoms with Crippen molar-refractivity contribution in [3.8, 4) is 11.1 Å². The highest BCUT2D eigenvalue weighted by Gasteiger charge is 2.08. The number of rotatable bonds is 4. The van der Waals surface area contributed by atoms with Crippen molar-refractivity contribution in [1.29, 1.82) is 0 Å². The fraction of sp³-hybridized carbons (Fsp3) is 0.167. The Morgan fingerprint density at radius 3 is 2.56 bits per heavy atom. The third-order valence-electron chi connectivity index (χ3n) is 2.35. The van der Waals surface area contributed by atoms with Crippen molar-refractivity contribution in [1.82, 2.24) is 15.0 Å². The molecule has 0 amide bonds. The van der Waals surface area contributed by atoms with Crippen LogP contribution in [0.25, 0.3) is 11.1 Å². The van der Waals surface area contributed by atoms with E-state index >= 15 is 0 Å². The number of aromatic nitrogens is 3. The number of anilines is 1. The number of nitrogens with zero attached hydrogens (tertiary/aromatic N) is 4. The van der Waals surface area contributed by atoms with Crippen molar-refractivity contribution in [3.05, 3.63) is 36.9 Å². The second kappa shape index (κ2) is 5.22. The number of aliphatic carboxylic acids is 1. The fourth-order valence-electron chi connectivity index (χ4n) is 1.47. The van der Waals surface area contributed by atoms with Crippen LogP contribution in [-0.2, 0) is 4.79 Å². The van der Waals surface area contributed by atoms with E-state index in [9.17, 15) is 4.79 Å². The highest BCUT2D eigenvalue weighted by Crippen LogP contribution is 2.16. The molecule has 0 atom stereocenters. The smallest absolute Gasteiger partial charge is 0.323 e. The molecule has 0 aliphatic rings. The van der Waals surface area contributed by atoms with Gasteiger partial charge in [-0.15, -0.1) is 0 Å².